The van der Waals surface area contributed by atoms with E-state index in [-0.39, 0.29) is 48.7 Å². The average Bonchev–Trinajstić information content (AvgIpc) is 2.76. The largest absolute Gasteiger partial charge is 0.418 e. The van der Waals surface area contributed by atoms with Crippen LogP contribution in [0.25, 0.3) is 0 Å². The first-order valence-corrected chi connectivity index (χ1v) is 10.1. The van der Waals surface area contributed by atoms with Gasteiger partial charge in [0.05, 0.1) is 42.2 Å². The number of aliphatic hydroxyl groups excluding tert-OH is 1. The Hall–Kier alpha value is -3.05. The van der Waals surface area contributed by atoms with Crippen molar-refractivity contribution in [3.05, 3.63) is 58.1 Å². The number of ketones is 2. The summed E-state index contributed by atoms with van der Waals surface area (Å²) in [5, 5.41) is 13.8. The first kappa shape index (κ1) is 24.6. The normalized spacial score (nSPS) is 13.2. The maximum absolute atomic E-state index is 14.0. The van der Waals surface area contributed by atoms with E-state index in [1.165, 1.54) is 24.3 Å². The lowest BCUT2D eigenvalue weighted by Crippen LogP contribution is -2.27. The third kappa shape index (κ3) is 5.31. The van der Waals surface area contributed by atoms with Gasteiger partial charge in [0.2, 0.25) is 6.43 Å². The van der Waals surface area contributed by atoms with E-state index in [4.69, 9.17) is 9.84 Å². The molecule has 0 unspecified atom stereocenters. The molecule has 1 aliphatic carbocycles. The molecule has 2 aromatic carbocycles. The number of carbonyl (C=O) groups is 2. The van der Waals surface area contributed by atoms with E-state index in [1.807, 2.05) is 0 Å². The quantitative estimate of drug-likeness (QED) is 0.306. The molecule has 0 heterocycles. The number of carbonyl (C=O) groups excluding carboxylic acids is 2. The van der Waals surface area contributed by atoms with E-state index in [0.717, 1.165) is 0 Å². The lowest BCUT2D eigenvalue weighted by Gasteiger charge is -2.27. The zero-order chi connectivity index (χ0) is 24.2. The topological polar surface area (TPSA) is 87.7 Å². The van der Waals surface area contributed by atoms with Crippen molar-refractivity contribution in [1.29, 1.82) is 0 Å². The van der Waals surface area contributed by atoms with Crippen molar-refractivity contribution in [2.24, 2.45) is 0 Å². The van der Waals surface area contributed by atoms with Crippen molar-refractivity contribution in [1.82, 2.24) is 0 Å². The lowest BCUT2D eigenvalue weighted by molar-refractivity contribution is -0.136. The van der Waals surface area contributed by atoms with Crippen molar-refractivity contribution in [3.63, 3.8) is 0 Å². The van der Waals surface area contributed by atoms with Crippen LogP contribution < -0.4 is 10.6 Å². The summed E-state index contributed by atoms with van der Waals surface area (Å²) in [6, 6.07) is 6.38. The number of rotatable bonds is 10. The Kier molecular flexibility index (Phi) is 7.65. The maximum atomic E-state index is 14.0. The number of nitrogens with one attached hydrogen (secondary N) is 2. The van der Waals surface area contributed by atoms with Gasteiger partial charge in [-0.1, -0.05) is 24.3 Å². The van der Waals surface area contributed by atoms with Gasteiger partial charge in [-0.3, -0.25) is 9.59 Å². The molecule has 1 aliphatic rings. The van der Waals surface area contributed by atoms with Gasteiger partial charge in [-0.25, -0.2) is 8.78 Å². The fraction of sp³-hybridized carbons (Fsp3) is 0.364. The molecule has 2 aromatic rings. The summed E-state index contributed by atoms with van der Waals surface area (Å²) in [5.74, 6) is -1.48. The number of aliphatic hydroxyl groups is 1. The van der Waals surface area contributed by atoms with Crippen LogP contribution in [0.5, 0.6) is 0 Å². The number of alkyl halides is 5. The van der Waals surface area contributed by atoms with Crippen molar-refractivity contribution >= 4 is 22.9 Å². The van der Waals surface area contributed by atoms with Crippen LogP contribution in [0.1, 0.15) is 43.8 Å². The Morgan fingerprint density at radius 2 is 1.58 bits per heavy atom. The van der Waals surface area contributed by atoms with E-state index >= 15 is 0 Å². The van der Waals surface area contributed by atoms with E-state index < -0.39 is 53.9 Å². The molecule has 33 heavy (non-hydrogen) atoms. The maximum Gasteiger partial charge on any atom is 0.418 e. The van der Waals surface area contributed by atoms with Crippen molar-refractivity contribution in [3.8, 4) is 0 Å². The molecule has 0 saturated heterocycles. The summed E-state index contributed by atoms with van der Waals surface area (Å²) in [5.41, 5.74) is -2.96. The monoisotopic (exact) mass is 472 g/mol. The second-order valence-corrected chi connectivity index (χ2v) is 7.17. The summed E-state index contributed by atoms with van der Waals surface area (Å²) in [6.45, 7) is -0.904. The van der Waals surface area contributed by atoms with E-state index in [9.17, 15) is 31.5 Å². The van der Waals surface area contributed by atoms with Gasteiger partial charge in [-0.15, -0.1) is 0 Å². The number of hydrogen-bond donors (Lipinski definition) is 3. The number of fused-ring (bicyclic) bond motifs is 2. The summed E-state index contributed by atoms with van der Waals surface area (Å²) < 4.78 is 72.1. The highest BCUT2D eigenvalue weighted by Gasteiger charge is 2.41. The first-order valence-electron chi connectivity index (χ1n) is 10.1. The Morgan fingerprint density at radius 3 is 2.15 bits per heavy atom. The fourth-order valence-corrected chi connectivity index (χ4v) is 3.57. The molecule has 0 radical (unpaired) electrons. The number of hydrogen-bond acceptors (Lipinski definition) is 6. The summed E-state index contributed by atoms with van der Waals surface area (Å²) in [7, 11) is 0. The van der Waals surface area contributed by atoms with Gasteiger partial charge in [-0.05, 0) is 6.07 Å². The highest BCUT2D eigenvalue weighted by molar-refractivity contribution is 6.32. The molecular formula is C22H21F5N2O4. The minimum Gasteiger partial charge on any atom is -0.394 e. The highest BCUT2D eigenvalue weighted by atomic mass is 19.4. The van der Waals surface area contributed by atoms with Crippen molar-refractivity contribution < 1.29 is 41.4 Å². The van der Waals surface area contributed by atoms with Gasteiger partial charge in [-0.2, -0.15) is 13.2 Å². The molecule has 3 N–H and O–H groups in total. The molecule has 0 spiro atoms. The third-order valence-corrected chi connectivity index (χ3v) is 4.96. The molecule has 0 atom stereocenters. The Balaban J connectivity index is 2.15. The molecule has 11 heteroatoms. The van der Waals surface area contributed by atoms with E-state index in [1.54, 1.807) is 0 Å². The van der Waals surface area contributed by atoms with Gasteiger partial charge in [0, 0.05) is 36.3 Å². The predicted molar refractivity (Wildman–Crippen MR) is 110 cm³/mol. The molecule has 0 fully saturated rings. The van der Waals surface area contributed by atoms with Crippen LogP contribution >= 0.6 is 0 Å². The Labute approximate surface area is 185 Å². The Morgan fingerprint density at radius 1 is 0.939 bits per heavy atom. The van der Waals surface area contributed by atoms with Crippen molar-refractivity contribution in [2.75, 3.05) is 43.5 Å². The second-order valence-electron chi connectivity index (χ2n) is 7.17. The second kappa shape index (κ2) is 10.3. The summed E-state index contributed by atoms with van der Waals surface area (Å²) in [6.07, 6.45) is -8.27. The zero-order valence-electron chi connectivity index (χ0n) is 17.3. The van der Waals surface area contributed by atoms with Gasteiger partial charge in [0.1, 0.15) is 0 Å². The zero-order valence-corrected chi connectivity index (χ0v) is 17.3. The molecule has 6 nitrogen and oxygen atoms in total. The predicted octanol–water partition coefficient (Wildman–Crippen LogP) is 3.97. The molecule has 0 aromatic heterocycles. The van der Waals surface area contributed by atoms with E-state index in [2.05, 4.69) is 10.6 Å². The van der Waals surface area contributed by atoms with Crippen LogP contribution in [0.15, 0.2) is 30.3 Å². The van der Waals surface area contributed by atoms with Crippen LogP contribution in [-0.2, 0) is 10.9 Å². The molecule has 0 amide bonds. The third-order valence-electron chi connectivity index (χ3n) is 4.96. The van der Waals surface area contributed by atoms with Crippen LogP contribution in [0.2, 0.25) is 0 Å². The Bertz CT molecular complexity index is 1040. The van der Waals surface area contributed by atoms with Crippen LogP contribution in [0, 0.1) is 0 Å². The summed E-state index contributed by atoms with van der Waals surface area (Å²) in [4.78, 5) is 26.4. The smallest absolute Gasteiger partial charge is 0.394 e. The molecule has 3 rings (SSSR count). The van der Waals surface area contributed by atoms with Gasteiger partial charge >= 0.3 is 6.18 Å². The molecular weight excluding hydrogens is 451 g/mol. The van der Waals surface area contributed by atoms with Gasteiger partial charge < -0.3 is 20.5 Å². The van der Waals surface area contributed by atoms with Crippen molar-refractivity contribution in [2.45, 2.75) is 19.0 Å². The minimum atomic E-state index is -4.91. The average molecular weight is 472 g/mol. The van der Waals surface area contributed by atoms with Crippen LogP contribution in [0.4, 0.5) is 33.3 Å². The highest BCUT2D eigenvalue weighted by Crippen LogP contribution is 2.44. The van der Waals surface area contributed by atoms with Gasteiger partial charge in [0.15, 0.2) is 11.6 Å². The first-order chi connectivity index (χ1) is 15.7. The van der Waals surface area contributed by atoms with E-state index in [0.29, 0.717) is 6.07 Å². The summed E-state index contributed by atoms with van der Waals surface area (Å²) >= 11 is 0. The molecule has 0 bridgehead atoms. The number of benzene rings is 2. The molecule has 178 valence electrons. The van der Waals surface area contributed by atoms with Crippen LogP contribution in [0.3, 0.4) is 0 Å². The fourth-order valence-electron chi connectivity index (χ4n) is 3.57. The standard InChI is InChI=1S/C22H21F5N2O4/c23-16(24)5-6-28-15-11-14(22(25,26)27)19(29-7-9-33-10-8-30)18-17(15)20(31)12-3-1-2-4-13(12)21(18)32/h1-4,11,16,28-30H,5-10H2. The number of ether oxygens (including phenoxy) is 1. The minimum absolute atomic E-state index is 0.0175. The van der Waals surface area contributed by atoms with Crippen LogP contribution in [-0.4, -0.2) is 56.0 Å². The molecule has 0 aliphatic heterocycles. The number of anilines is 2. The lowest BCUT2D eigenvalue weighted by atomic mass is 9.81. The van der Waals surface area contributed by atoms with Gasteiger partial charge in [0.25, 0.3) is 0 Å². The number of halogens is 5. The SMILES string of the molecule is O=C1c2ccccc2C(=O)c2c(NCCOCCO)c(C(F)(F)F)cc(NCCC(F)F)c21. The molecule has 0 saturated carbocycles.